The molecule has 9 heteroatoms. The van der Waals surface area contributed by atoms with E-state index in [0.717, 1.165) is 17.1 Å². The van der Waals surface area contributed by atoms with Crippen molar-refractivity contribution < 1.29 is 9.21 Å². The van der Waals surface area contributed by atoms with Crippen molar-refractivity contribution in [2.45, 2.75) is 13.5 Å². The number of nitrogens with zero attached hydrogens (tertiary/aromatic N) is 4. The second-order valence-corrected chi connectivity index (χ2v) is 6.69. The number of imidazole rings is 1. The number of anilines is 1. The molecule has 0 aliphatic carbocycles. The van der Waals surface area contributed by atoms with Crippen LogP contribution in [0.3, 0.4) is 0 Å². The average molecular weight is 380 g/mol. The van der Waals surface area contributed by atoms with E-state index >= 15 is 0 Å². The maximum Gasteiger partial charge on any atom is 0.321 e. The molecule has 0 aliphatic heterocycles. The zero-order chi connectivity index (χ0) is 18.6. The van der Waals surface area contributed by atoms with Crippen LogP contribution in [0.15, 0.2) is 59.5 Å². The summed E-state index contributed by atoms with van der Waals surface area (Å²) < 4.78 is 7.26. The zero-order valence-electron chi connectivity index (χ0n) is 14.4. The first-order valence-corrected chi connectivity index (χ1v) is 9.02. The second-order valence-electron chi connectivity index (χ2n) is 5.71. The van der Waals surface area contributed by atoms with E-state index in [1.54, 1.807) is 24.6 Å². The van der Waals surface area contributed by atoms with Crippen LogP contribution in [-0.4, -0.2) is 25.8 Å². The first-order chi connectivity index (χ1) is 13.2. The third-order valence-electron chi connectivity index (χ3n) is 3.87. The number of furan rings is 1. The van der Waals surface area contributed by atoms with Crippen LogP contribution in [0.25, 0.3) is 16.5 Å². The zero-order valence-corrected chi connectivity index (χ0v) is 15.2. The molecule has 2 N–H and O–H groups in total. The lowest BCUT2D eigenvalue weighted by molar-refractivity contribution is 0.251. The highest BCUT2D eigenvalue weighted by molar-refractivity contribution is 7.18. The third kappa shape index (κ3) is 3.87. The molecular formula is C18H16N6O2S. The summed E-state index contributed by atoms with van der Waals surface area (Å²) in [6.45, 7) is 2.35. The Morgan fingerprint density at radius 1 is 1.22 bits per heavy atom. The van der Waals surface area contributed by atoms with Crippen LogP contribution >= 0.6 is 11.3 Å². The number of aryl methyl sites for hydroxylation is 1. The summed E-state index contributed by atoms with van der Waals surface area (Å²) in [6.07, 6.45) is 5.24. The molecule has 1 aromatic carbocycles. The molecule has 0 fully saturated rings. The molecule has 0 spiro atoms. The number of rotatable bonds is 5. The van der Waals surface area contributed by atoms with E-state index in [1.807, 2.05) is 42.0 Å². The van der Waals surface area contributed by atoms with Gasteiger partial charge in [-0.3, -0.25) is 5.32 Å². The smallest absolute Gasteiger partial charge is 0.321 e. The molecular weight excluding hydrogens is 364 g/mol. The summed E-state index contributed by atoms with van der Waals surface area (Å²) >= 11 is 1.25. The average Bonchev–Trinajstić information content (AvgIpc) is 3.42. The van der Waals surface area contributed by atoms with Gasteiger partial charge in [-0.15, -0.1) is 10.2 Å². The fourth-order valence-corrected chi connectivity index (χ4v) is 3.23. The minimum atomic E-state index is -0.341. The molecule has 0 atom stereocenters. The van der Waals surface area contributed by atoms with Gasteiger partial charge in [0, 0.05) is 24.6 Å². The fourth-order valence-electron chi connectivity index (χ4n) is 2.52. The van der Waals surface area contributed by atoms with Crippen molar-refractivity contribution >= 4 is 22.5 Å². The number of aromatic nitrogens is 4. The van der Waals surface area contributed by atoms with Crippen LogP contribution in [0, 0.1) is 6.92 Å². The molecule has 4 aromatic rings. The molecule has 0 bridgehead atoms. The molecule has 27 heavy (non-hydrogen) atoms. The predicted octanol–water partition coefficient (Wildman–Crippen LogP) is 3.61. The lowest BCUT2D eigenvalue weighted by Gasteiger charge is -2.08. The normalized spacial score (nSPS) is 10.7. The first-order valence-electron chi connectivity index (χ1n) is 8.20. The summed E-state index contributed by atoms with van der Waals surface area (Å²) in [7, 11) is 0. The van der Waals surface area contributed by atoms with Gasteiger partial charge < -0.3 is 14.3 Å². The fraction of sp³-hybridized carbons (Fsp3) is 0.111. The second kappa shape index (κ2) is 7.42. The lowest BCUT2D eigenvalue weighted by atomic mass is 10.2. The van der Waals surface area contributed by atoms with Crippen LogP contribution in [0.2, 0.25) is 0 Å². The Kier molecular flexibility index (Phi) is 4.67. The molecule has 3 heterocycles. The maximum absolute atomic E-state index is 12.1. The Morgan fingerprint density at radius 2 is 2.07 bits per heavy atom. The summed E-state index contributed by atoms with van der Waals surface area (Å²) in [5.41, 5.74) is 2.01. The third-order valence-corrected chi connectivity index (χ3v) is 4.72. The number of amides is 2. The van der Waals surface area contributed by atoms with Crippen LogP contribution < -0.4 is 10.6 Å². The summed E-state index contributed by atoms with van der Waals surface area (Å²) in [6, 6.07) is 11.1. The number of benzene rings is 1. The van der Waals surface area contributed by atoms with Crippen molar-refractivity contribution in [2.24, 2.45) is 0 Å². The van der Waals surface area contributed by atoms with Gasteiger partial charge in [0.05, 0.1) is 6.26 Å². The Morgan fingerprint density at radius 3 is 2.78 bits per heavy atom. The monoisotopic (exact) mass is 380 g/mol. The number of hydrogen-bond acceptors (Lipinski definition) is 6. The van der Waals surface area contributed by atoms with Gasteiger partial charge in [0.25, 0.3) is 0 Å². The summed E-state index contributed by atoms with van der Waals surface area (Å²) in [5, 5.41) is 14.4. The van der Waals surface area contributed by atoms with Crippen molar-refractivity contribution in [3.05, 3.63) is 66.4 Å². The van der Waals surface area contributed by atoms with Crippen LogP contribution in [0.4, 0.5) is 9.93 Å². The van der Waals surface area contributed by atoms with E-state index in [1.165, 1.54) is 11.3 Å². The first kappa shape index (κ1) is 17.0. The number of hydrogen-bond donors (Lipinski definition) is 2. The number of carbonyl (C=O) groups is 1. The summed E-state index contributed by atoms with van der Waals surface area (Å²) in [5.74, 6) is 1.54. The summed E-state index contributed by atoms with van der Waals surface area (Å²) in [4.78, 5) is 16.3. The van der Waals surface area contributed by atoms with Crippen molar-refractivity contribution in [1.29, 1.82) is 0 Å². The molecule has 136 valence electrons. The maximum atomic E-state index is 12.1. The van der Waals surface area contributed by atoms with E-state index in [4.69, 9.17) is 4.42 Å². The Labute approximate surface area is 158 Å². The van der Waals surface area contributed by atoms with E-state index in [-0.39, 0.29) is 6.03 Å². The molecule has 2 amide bonds. The van der Waals surface area contributed by atoms with Crippen LogP contribution in [0.1, 0.15) is 11.4 Å². The van der Waals surface area contributed by atoms with Crippen molar-refractivity contribution in [1.82, 2.24) is 25.1 Å². The van der Waals surface area contributed by atoms with E-state index in [0.29, 0.717) is 22.4 Å². The minimum Gasteiger partial charge on any atom is -0.462 e. The largest absolute Gasteiger partial charge is 0.462 e. The minimum absolute atomic E-state index is 0.341. The predicted molar refractivity (Wildman–Crippen MR) is 102 cm³/mol. The molecule has 0 aliphatic rings. The van der Waals surface area contributed by atoms with E-state index in [2.05, 4.69) is 25.8 Å². The highest BCUT2D eigenvalue weighted by Crippen LogP contribution is 2.26. The van der Waals surface area contributed by atoms with Gasteiger partial charge in [-0.1, -0.05) is 23.5 Å². The molecule has 8 nitrogen and oxygen atoms in total. The molecule has 4 rings (SSSR count). The number of nitrogens with one attached hydrogen (secondary N) is 2. The van der Waals surface area contributed by atoms with Crippen LogP contribution in [-0.2, 0) is 6.54 Å². The number of carbonyl (C=O) groups excluding carboxylic acids is 1. The van der Waals surface area contributed by atoms with Gasteiger partial charge in [-0.2, -0.15) is 0 Å². The Balaban J connectivity index is 1.32. The lowest BCUT2D eigenvalue weighted by Crippen LogP contribution is -2.28. The highest BCUT2D eigenvalue weighted by atomic mass is 32.1. The standard InChI is InChI=1S/C18H16N6O2S/c1-12-19-8-9-24(12)14-6-4-13(5-7-14)11-20-17(25)21-18-23-22-16(27-18)15-3-2-10-26-15/h2-10H,11H2,1H3,(H2,20,21,23,25). The highest BCUT2D eigenvalue weighted by Gasteiger charge is 2.11. The van der Waals surface area contributed by atoms with Crippen LogP contribution in [0.5, 0.6) is 0 Å². The van der Waals surface area contributed by atoms with Gasteiger partial charge in [-0.25, -0.2) is 9.78 Å². The Hall–Kier alpha value is -3.46. The van der Waals surface area contributed by atoms with Gasteiger partial charge in [-0.05, 0) is 36.8 Å². The van der Waals surface area contributed by atoms with Gasteiger partial charge in [0.15, 0.2) is 10.8 Å². The number of urea groups is 1. The SMILES string of the molecule is Cc1nccn1-c1ccc(CNC(=O)Nc2nnc(-c3ccco3)s2)cc1. The van der Waals surface area contributed by atoms with Gasteiger partial charge in [0.1, 0.15) is 5.82 Å². The van der Waals surface area contributed by atoms with Crippen molar-refractivity contribution in [3.8, 4) is 16.5 Å². The van der Waals surface area contributed by atoms with Gasteiger partial charge >= 0.3 is 6.03 Å². The van der Waals surface area contributed by atoms with E-state index in [9.17, 15) is 4.79 Å². The molecule has 0 saturated heterocycles. The Bertz CT molecular complexity index is 1040. The van der Waals surface area contributed by atoms with Crippen molar-refractivity contribution in [3.63, 3.8) is 0 Å². The molecule has 0 radical (unpaired) electrons. The molecule has 0 saturated carbocycles. The molecule has 0 unspecified atom stereocenters. The van der Waals surface area contributed by atoms with E-state index < -0.39 is 0 Å². The van der Waals surface area contributed by atoms with Crippen molar-refractivity contribution in [2.75, 3.05) is 5.32 Å². The topological polar surface area (TPSA) is 97.9 Å². The quantitative estimate of drug-likeness (QED) is 0.551. The molecule has 3 aromatic heterocycles. The van der Waals surface area contributed by atoms with Gasteiger partial charge in [0.2, 0.25) is 5.13 Å².